The molecule has 24 heavy (non-hydrogen) atoms. The zero-order chi connectivity index (χ0) is 16.8. The number of aryl methyl sites for hydroxylation is 1. The van der Waals surface area contributed by atoms with Crippen molar-refractivity contribution in [2.24, 2.45) is 0 Å². The number of hydrogen-bond acceptors (Lipinski definition) is 3. The first-order chi connectivity index (χ1) is 11.6. The molecule has 1 aromatic rings. The summed E-state index contributed by atoms with van der Waals surface area (Å²) in [7, 11) is 0. The molecule has 0 aromatic heterocycles. The molecule has 3 nitrogen and oxygen atoms in total. The van der Waals surface area contributed by atoms with Crippen LogP contribution in [-0.4, -0.2) is 28.3 Å². The van der Waals surface area contributed by atoms with Gasteiger partial charge in [0.2, 0.25) is 0 Å². The van der Waals surface area contributed by atoms with Gasteiger partial charge < -0.3 is 4.74 Å². The monoisotopic (exact) mass is 450 g/mol. The third-order valence-corrected chi connectivity index (χ3v) is 6.41. The average molecular weight is 452 g/mol. The van der Waals surface area contributed by atoms with Crippen LogP contribution in [0.15, 0.2) is 35.4 Å². The van der Waals surface area contributed by atoms with Crippen molar-refractivity contribution >= 4 is 43.4 Å². The number of ether oxygens (including phenoxy) is 1. The van der Waals surface area contributed by atoms with Crippen LogP contribution in [0.1, 0.15) is 40.2 Å². The lowest BCUT2D eigenvalue weighted by molar-refractivity contribution is -0.112. The maximum Gasteiger partial charge on any atom is 0.176 e. The first kappa shape index (κ1) is 16.3. The molecule has 2 unspecified atom stereocenters. The average Bonchev–Trinajstić information content (AvgIpc) is 2.62. The number of rotatable bonds is 2. The molecule has 0 fully saturated rings. The number of benzene rings is 1. The standard InChI is InChI=1S/C19H16Br2O3/c20-8-17(22)11-1-3-13-12(5-11)9-24-18-7-14-10(6-15(13)18)2-4-16(21)19(14)23/h1,5-7,13,16H,2-4,8-9H2. The van der Waals surface area contributed by atoms with E-state index in [1.54, 1.807) is 0 Å². The van der Waals surface area contributed by atoms with Gasteiger partial charge in [-0.05, 0) is 42.5 Å². The molecule has 4 rings (SSSR count). The summed E-state index contributed by atoms with van der Waals surface area (Å²) in [5, 5.41) is 0.341. The Morgan fingerprint density at radius 2 is 2.17 bits per heavy atom. The molecule has 0 saturated carbocycles. The van der Waals surface area contributed by atoms with Gasteiger partial charge in [-0.15, -0.1) is 0 Å². The second-order valence-corrected chi connectivity index (χ2v) is 8.10. The minimum absolute atomic E-state index is 0.0856. The molecule has 0 radical (unpaired) electrons. The van der Waals surface area contributed by atoms with E-state index in [-0.39, 0.29) is 22.3 Å². The Balaban J connectivity index is 1.72. The van der Waals surface area contributed by atoms with Crippen LogP contribution in [0, 0.1) is 0 Å². The normalized spacial score (nSPS) is 24.8. The van der Waals surface area contributed by atoms with Gasteiger partial charge in [-0.25, -0.2) is 0 Å². The van der Waals surface area contributed by atoms with E-state index in [2.05, 4.69) is 37.9 Å². The Morgan fingerprint density at radius 1 is 1.33 bits per heavy atom. The molecule has 0 saturated heterocycles. The highest BCUT2D eigenvalue weighted by atomic mass is 79.9. The minimum atomic E-state index is -0.0856. The maximum absolute atomic E-state index is 12.4. The first-order valence-electron chi connectivity index (χ1n) is 8.06. The Bertz CT molecular complexity index is 807. The van der Waals surface area contributed by atoms with E-state index < -0.39 is 0 Å². The molecule has 0 bridgehead atoms. The van der Waals surface area contributed by atoms with Crippen LogP contribution in [0.25, 0.3) is 0 Å². The number of hydrogen-bond donors (Lipinski definition) is 0. The third-order valence-electron chi connectivity index (χ3n) is 5.03. The molecule has 1 aliphatic heterocycles. The Morgan fingerprint density at radius 3 is 2.96 bits per heavy atom. The van der Waals surface area contributed by atoms with E-state index in [0.717, 1.165) is 52.8 Å². The molecular formula is C19H16Br2O3. The van der Waals surface area contributed by atoms with Crippen LogP contribution in [0.3, 0.4) is 0 Å². The summed E-state index contributed by atoms with van der Waals surface area (Å²) < 4.78 is 5.92. The van der Waals surface area contributed by atoms with Crippen molar-refractivity contribution in [1.29, 1.82) is 0 Å². The number of carbonyl (C=O) groups is 2. The topological polar surface area (TPSA) is 43.4 Å². The molecule has 0 amide bonds. The maximum atomic E-state index is 12.4. The number of alkyl halides is 2. The largest absolute Gasteiger partial charge is 0.489 e. The molecular weight excluding hydrogens is 436 g/mol. The summed E-state index contributed by atoms with van der Waals surface area (Å²) >= 11 is 6.69. The predicted molar refractivity (Wildman–Crippen MR) is 99.6 cm³/mol. The summed E-state index contributed by atoms with van der Waals surface area (Å²) in [4.78, 5) is 24.2. The SMILES string of the molecule is O=C(CBr)C1=CCC2C(=C1)COc1cc3c(cc12)CCC(Br)C3=O. The van der Waals surface area contributed by atoms with Crippen LogP contribution >= 0.6 is 31.9 Å². The summed E-state index contributed by atoms with van der Waals surface area (Å²) in [5.74, 6) is 1.32. The van der Waals surface area contributed by atoms with E-state index in [9.17, 15) is 9.59 Å². The van der Waals surface area contributed by atoms with E-state index in [1.165, 1.54) is 0 Å². The minimum Gasteiger partial charge on any atom is -0.489 e. The van der Waals surface area contributed by atoms with Gasteiger partial charge in [0.25, 0.3) is 0 Å². The first-order valence-corrected chi connectivity index (χ1v) is 10.1. The fourth-order valence-corrected chi connectivity index (χ4v) is 4.52. The molecule has 0 spiro atoms. The van der Waals surface area contributed by atoms with E-state index >= 15 is 0 Å². The van der Waals surface area contributed by atoms with Gasteiger partial charge in [0.05, 0.1) is 10.2 Å². The van der Waals surface area contributed by atoms with Gasteiger partial charge in [0.1, 0.15) is 12.4 Å². The zero-order valence-corrected chi connectivity index (χ0v) is 16.2. The van der Waals surface area contributed by atoms with Gasteiger partial charge in [0, 0.05) is 22.6 Å². The Hall–Kier alpha value is -1.20. The van der Waals surface area contributed by atoms with Gasteiger partial charge in [0.15, 0.2) is 11.6 Å². The number of Topliss-reactive ketones (excluding diaryl/α,β-unsaturated/α-hetero) is 2. The second kappa shape index (κ2) is 6.26. The number of ketones is 2. The quantitative estimate of drug-likeness (QED) is 0.630. The lowest BCUT2D eigenvalue weighted by Crippen LogP contribution is -2.25. The van der Waals surface area contributed by atoms with Crippen LogP contribution in [0.5, 0.6) is 5.75 Å². The number of halogens is 2. The highest BCUT2D eigenvalue weighted by Gasteiger charge is 2.32. The number of fused-ring (bicyclic) bond motifs is 4. The molecule has 2 aliphatic carbocycles. The van der Waals surface area contributed by atoms with Crippen LogP contribution < -0.4 is 4.74 Å². The molecule has 2 atom stereocenters. The van der Waals surface area contributed by atoms with E-state index in [1.807, 2.05) is 18.2 Å². The van der Waals surface area contributed by atoms with Crippen molar-refractivity contribution in [3.8, 4) is 5.75 Å². The Labute approximate surface area is 157 Å². The van der Waals surface area contributed by atoms with Crippen molar-refractivity contribution in [1.82, 2.24) is 0 Å². The summed E-state index contributed by atoms with van der Waals surface area (Å²) in [6.07, 6.45) is 6.54. The Kier molecular flexibility index (Phi) is 4.25. The number of carbonyl (C=O) groups excluding carboxylic acids is 2. The third kappa shape index (κ3) is 2.62. The highest BCUT2D eigenvalue weighted by molar-refractivity contribution is 9.10. The van der Waals surface area contributed by atoms with E-state index in [4.69, 9.17) is 4.74 Å². The van der Waals surface area contributed by atoms with Gasteiger partial charge in [-0.3, -0.25) is 9.59 Å². The van der Waals surface area contributed by atoms with Gasteiger partial charge in [-0.1, -0.05) is 44.0 Å². The van der Waals surface area contributed by atoms with Crippen molar-refractivity contribution in [2.75, 3.05) is 11.9 Å². The smallest absolute Gasteiger partial charge is 0.176 e. The van der Waals surface area contributed by atoms with E-state index in [0.29, 0.717) is 11.9 Å². The molecule has 1 heterocycles. The lowest BCUT2D eigenvalue weighted by Gasteiger charge is -2.32. The molecule has 124 valence electrons. The van der Waals surface area contributed by atoms with Crippen LogP contribution in [0.4, 0.5) is 0 Å². The second-order valence-electron chi connectivity index (χ2n) is 6.43. The summed E-state index contributed by atoms with van der Waals surface area (Å²) in [6.45, 7) is 0.481. The predicted octanol–water partition coefficient (Wildman–Crippen LogP) is 4.28. The fourth-order valence-electron chi connectivity index (χ4n) is 3.72. The fraction of sp³-hybridized carbons (Fsp3) is 0.368. The molecule has 1 aromatic carbocycles. The molecule has 5 heteroatoms. The van der Waals surface area contributed by atoms with Crippen molar-refractivity contribution < 1.29 is 14.3 Å². The molecule has 0 N–H and O–H groups in total. The van der Waals surface area contributed by atoms with Crippen molar-refractivity contribution in [2.45, 2.75) is 30.0 Å². The number of allylic oxidation sites excluding steroid dienone is 3. The zero-order valence-electron chi connectivity index (χ0n) is 13.0. The van der Waals surface area contributed by atoms with Crippen LogP contribution in [-0.2, 0) is 11.2 Å². The van der Waals surface area contributed by atoms with Gasteiger partial charge >= 0.3 is 0 Å². The summed E-state index contributed by atoms with van der Waals surface area (Å²) in [6, 6.07) is 4.06. The lowest BCUT2D eigenvalue weighted by atomic mass is 9.78. The van der Waals surface area contributed by atoms with Crippen molar-refractivity contribution in [3.05, 3.63) is 52.1 Å². The highest BCUT2D eigenvalue weighted by Crippen LogP contribution is 2.44. The summed E-state index contributed by atoms with van der Waals surface area (Å²) in [5.41, 5.74) is 4.96. The van der Waals surface area contributed by atoms with Crippen LogP contribution in [0.2, 0.25) is 0 Å². The molecule has 3 aliphatic rings. The van der Waals surface area contributed by atoms with Crippen molar-refractivity contribution in [3.63, 3.8) is 0 Å². The van der Waals surface area contributed by atoms with Gasteiger partial charge in [-0.2, -0.15) is 0 Å².